The van der Waals surface area contributed by atoms with Crippen LogP contribution in [0.5, 0.6) is 0 Å². The highest BCUT2D eigenvalue weighted by Crippen LogP contribution is 2.17. The Morgan fingerprint density at radius 1 is 1.24 bits per heavy atom. The van der Waals surface area contributed by atoms with Gasteiger partial charge >= 0.3 is 5.69 Å². The zero-order valence-corrected chi connectivity index (χ0v) is 17.8. The fraction of sp³-hybridized carbons (Fsp3) is 0.522. The van der Waals surface area contributed by atoms with Gasteiger partial charge in [-0.3, -0.25) is 9.36 Å². The van der Waals surface area contributed by atoms with Crippen molar-refractivity contribution in [3.05, 3.63) is 63.8 Å². The van der Waals surface area contributed by atoms with E-state index in [1.165, 1.54) is 16.6 Å². The van der Waals surface area contributed by atoms with Gasteiger partial charge in [0.1, 0.15) is 6.54 Å². The van der Waals surface area contributed by atoms with Crippen molar-refractivity contribution in [3.63, 3.8) is 0 Å². The van der Waals surface area contributed by atoms with Crippen LogP contribution in [-0.2, 0) is 17.8 Å². The summed E-state index contributed by atoms with van der Waals surface area (Å²) in [6, 6.07) is 12.1. The van der Waals surface area contributed by atoms with Crippen LogP contribution in [0, 0.1) is 19.8 Å². The average Bonchev–Trinajstić information content (AvgIpc) is 2.68. The van der Waals surface area contributed by atoms with Crippen LogP contribution >= 0.6 is 0 Å². The van der Waals surface area contributed by atoms with Crippen molar-refractivity contribution in [3.8, 4) is 0 Å². The lowest BCUT2D eigenvalue weighted by molar-refractivity contribution is -0.132. The number of nitrogens with zero attached hydrogens (tertiary/aromatic N) is 4. The highest BCUT2D eigenvalue weighted by atomic mass is 16.2. The van der Waals surface area contributed by atoms with Gasteiger partial charge < -0.3 is 9.80 Å². The van der Waals surface area contributed by atoms with Crippen molar-refractivity contribution >= 4 is 5.91 Å². The summed E-state index contributed by atoms with van der Waals surface area (Å²) >= 11 is 0. The lowest BCUT2D eigenvalue weighted by Gasteiger charge is -2.34. The molecule has 0 spiro atoms. The fourth-order valence-electron chi connectivity index (χ4n) is 4.16. The predicted molar refractivity (Wildman–Crippen MR) is 115 cm³/mol. The molecule has 0 radical (unpaired) electrons. The Kier molecular flexibility index (Phi) is 7.20. The zero-order chi connectivity index (χ0) is 20.8. The number of amides is 1. The minimum atomic E-state index is -0.351. The molecule has 3 rings (SSSR count). The second kappa shape index (κ2) is 9.83. The topological polar surface area (TPSA) is 58.4 Å². The van der Waals surface area contributed by atoms with E-state index >= 15 is 0 Å². The maximum atomic E-state index is 13.2. The molecule has 2 heterocycles. The molecule has 6 heteroatoms. The highest BCUT2D eigenvalue weighted by molar-refractivity contribution is 5.76. The Balaban J connectivity index is 1.73. The molecule has 1 fully saturated rings. The van der Waals surface area contributed by atoms with Crippen molar-refractivity contribution in [1.29, 1.82) is 0 Å². The van der Waals surface area contributed by atoms with Gasteiger partial charge in [-0.15, -0.1) is 0 Å². The largest absolute Gasteiger partial charge is 0.348 e. The Morgan fingerprint density at radius 2 is 2.00 bits per heavy atom. The molecule has 0 saturated carbocycles. The van der Waals surface area contributed by atoms with Gasteiger partial charge in [0.2, 0.25) is 5.91 Å². The van der Waals surface area contributed by atoms with E-state index in [1.54, 1.807) is 6.92 Å². The summed E-state index contributed by atoms with van der Waals surface area (Å²) in [5.74, 6) is 0.465. The SMILES string of the molecule is Cc1cc(C)n(CC(=O)N(CCc2ccccc2)C[C@H]2CCCN(C)C2)c(=O)n1. The first kappa shape index (κ1) is 21.2. The van der Waals surface area contributed by atoms with Gasteiger partial charge in [-0.05, 0) is 64.3 Å². The van der Waals surface area contributed by atoms with Crippen LogP contribution in [0.1, 0.15) is 29.8 Å². The molecule has 0 bridgehead atoms. The van der Waals surface area contributed by atoms with E-state index in [1.807, 2.05) is 36.1 Å². The third-order valence-corrected chi connectivity index (χ3v) is 5.71. The summed E-state index contributed by atoms with van der Waals surface area (Å²) in [5, 5.41) is 0. The molecular formula is C23H32N4O2. The predicted octanol–water partition coefficient (Wildman–Crippen LogP) is 2.27. The molecule has 6 nitrogen and oxygen atoms in total. The van der Waals surface area contributed by atoms with Crippen molar-refractivity contribution in [1.82, 2.24) is 19.4 Å². The maximum absolute atomic E-state index is 13.2. The monoisotopic (exact) mass is 396 g/mol. The van der Waals surface area contributed by atoms with Crippen LogP contribution in [0.15, 0.2) is 41.2 Å². The molecule has 0 aliphatic carbocycles. The number of rotatable bonds is 7. The number of hydrogen-bond acceptors (Lipinski definition) is 4. The van der Waals surface area contributed by atoms with E-state index in [9.17, 15) is 9.59 Å². The van der Waals surface area contributed by atoms with E-state index in [2.05, 4.69) is 29.1 Å². The minimum Gasteiger partial charge on any atom is -0.340 e. The van der Waals surface area contributed by atoms with Crippen LogP contribution in [0.3, 0.4) is 0 Å². The molecule has 1 aromatic heterocycles. The average molecular weight is 397 g/mol. The second-order valence-corrected chi connectivity index (χ2v) is 8.25. The molecule has 0 N–H and O–H groups in total. The van der Waals surface area contributed by atoms with E-state index < -0.39 is 0 Å². The van der Waals surface area contributed by atoms with E-state index in [0.717, 1.165) is 38.2 Å². The number of carbonyl (C=O) groups is 1. The summed E-state index contributed by atoms with van der Waals surface area (Å²) in [5.41, 5.74) is 2.33. The number of carbonyl (C=O) groups excluding carboxylic acids is 1. The van der Waals surface area contributed by atoms with Gasteiger partial charge in [-0.1, -0.05) is 30.3 Å². The van der Waals surface area contributed by atoms with Gasteiger partial charge in [0.05, 0.1) is 0 Å². The van der Waals surface area contributed by atoms with Crippen LogP contribution in [-0.4, -0.2) is 58.5 Å². The van der Waals surface area contributed by atoms with Crippen molar-refractivity contribution in [2.24, 2.45) is 5.92 Å². The molecule has 0 unspecified atom stereocenters. The number of hydrogen-bond donors (Lipinski definition) is 0. The number of aromatic nitrogens is 2. The van der Waals surface area contributed by atoms with E-state index in [-0.39, 0.29) is 18.1 Å². The van der Waals surface area contributed by atoms with E-state index in [4.69, 9.17) is 0 Å². The molecule has 156 valence electrons. The maximum Gasteiger partial charge on any atom is 0.348 e. The minimum absolute atomic E-state index is 0.00925. The molecule has 29 heavy (non-hydrogen) atoms. The highest BCUT2D eigenvalue weighted by Gasteiger charge is 2.23. The molecule has 2 aromatic rings. The smallest absolute Gasteiger partial charge is 0.340 e. The molecule has 1 aliphatic rings. The number of piperidine rings is 1. The fourth-order valence-corrected chi connectivity index (χ4v) is 4.16. The van der Waals surface area contributed by atoms with Gasteiger partial charge in [-0.25, -0.2) is 4.79 Å². The number of aryl methyl sites for hydroxylation is 2. The van der Waals surface area contributed by atoms with Gasteiger partial charge in [0.25, 0.3) is 0 Å². The Labute approximate surface area is 173 Å². The van der Waals surface area contributed by atoms with Crippen LogP contribution in [0.4, 0.5) is 0 Å². The Hall–Kier alpha value is -2.47. The first-order valence-corrected chi connectivity index (χ1v) is 10.5. The van der Waals surface area contributed by atoms with Gasteiger partial charge in [-0.2, -0.15) is 4.98 Å². The lowest BCUT2D eigenvalue weighted by atomic mass is 9.97. The first-order valence-electron chi connectivity index (χ1n) is 10.5. The van der Waals surface area contributed by atoms with E-state index in [0.29, 0.717) is 18.2 Å². The normalized spacial score (nSPS) is 17.3. The molecule has 1 amide bonds. The molecule has 1 aromatic carbocycles. The summed E-state index contributed by atoms with van der Waals surface area (Å²) in [7, 11) is 2.14. The molecule has 1 aliphatic heterocycles. The van der Waals surface area contributed by atoms with Crippen molar-refractivity contribution in [2.45, 2.75) is 39.7 Å². The number of benzene rings is 1. The Morgan fingerprint density at radius 3 is 2.69 bits per heavy atom. The summed E-state index contributed by atoms with van der Waals surface area (Å²) < 4.78 is 1.48. The molecular weight excluding hydrogens is 364 g/mol. The van der Waals surface area contributed by atoms with Crippen LogP contribution < -0.4 is 5.69 Å². The summed E-state index contributed by atoms with van der Waals surface area (Å²) in [4.78, 5) is 33.8. The Bertz CT molecular complexity index is 878. The second-order valence-electron chi connectivity index (χ2n) is 8.25. The third-order valence-electron chi connectivity index (χ3n) is 5.71. The lowest BCUT2D eigenvalue weighted by Crippen LogP contribution is -2.44. The van der Waals surface area contributed by atoms with Crippen molar-refractivity contribution < 1.29 is 4.79 Å². The van der Waals surface area contributed by atoms with Crippen LogP contribution in [0.2, 0.25) is 0 Å². The molecule has 1 saturated heterocycles. The van der Waals surface area contributed by atoms with Crippen LogP contribution in [0.25, 0.3) is 0 Å². The first-order chi connectivity index (χ1) is 13.9. The van der Waals surface area contributed by atoms with Crippen molar-refractivity contribution in [2.75, 3.05) is 33.2 Å². The third kappa shape index (κ3) is 6.00. The molecule has 1 atom stereocenters. The standard InChI is InChI=1S/C23H32N4O2/c1-18-14-19(2)27(23(29)24-18)17-22(28)26(13-11-20-8-5-4-6-9-20)16-21-10-7-12-25(3)15-21/h4-6,8-9,14,21H,7,10-13,15-17H2,1-3H3/t21-/m0/s1. The quantitative estimate of drug-likeness (QED) is 0.720. The van der Waals surface area contributed by atoms with Gasteiger partial charge in [0, 0.05) is 31.0 Å². The number of likely N-dealkylation sites (tertiary alicyclic amines) is 1. The van der Waals surface area contributed by atoms with Gasteiger partial charge in [0.15, 0.2) is 0 Å². The zero-order valence-electron chi connectivity index (χ0n) is 17.8. The summed E-state index contributed by atoms with van der Waals surface area (Å²) in [6.07, 6.45) is 3.13. The summed E-state index contributed by atoms with van der Waals surface area (Å²) in [6.45, 7) is 7.24.